The van der Waals surface area contributed by atoms with Gasteiger partial charge >= 0.3 is 0 Å². The van der Waals surface area contributed by atoms with Gasteiger partial charge in [-0.25, -0.2) is 4.98 Å². The Balaban J connectivity index is 1.57. The van der Waals surface area contributed by atoms with E-state index in [0.717, 1.165) is 24.4 Å². The van der Waals surface area contributed by atoms with E-state index < -0.39 is 0 Å². The van der Waals surface area contributed by atoms with Crippen molar-refractivity contribution in [2.45, 2.75) is 19.6 Å². The Morgan fingerprint density at radius 1 is 1.39 bits per heavy atom. The summed E-state index contributed by atoms with van der Waals surface area (Å²) >= 11 is 0. The van der Waals surface area contributed by atoms with E-state index in [0.29, 0.717) is 25.6 Å². The second kappa shape index (κ2) is 7.39. The number of carbonyl (C=O) groups is 1. The fourth-order valence-corrected chi connectivity index (χ4v) is 2.62. The fraction of sp³-hybridized carbons (Fsp3) is 0.412. The smallest absolute Gasteiger partial charge is 0.226 e. The van der Waals surface area contributed by atoms with Crippen molar-refractivity contribution >= 4 is 5.91 Å². The number of ether oxygens (including phenoxy) is 1. The van der Waals surface area contributed by atoms with Gasteiger partial charge in [-0.15, -0.1) is 0 Å². The fourth-order valence-electron chi connectivity index (χ4n) is 2.62. The number of oxazole rings is 1. The van der Waals surface area contributed by atoms with Crippen molar-refractivity contribution in [3.63, 3.8) is 0 Å². The Morgan fingerprint density at radius 2 is 2.22 bits per heavy atom. The summed E-state index contributed by atoms with van der Waals surface area (Å²) in [5, 5.41) is 2.80. The molecule has 0 saturated carbocycles. The van der Waals surface area contributed by atoms with Crippen molar-refractivity contribution in [1.29, 1.82) is 0 Å². The Bertz CT molecular complexity index is 642. The topological polar surface area (TPSA) is 67.6 Å². The van der Waals surface area contributed by atoms with Gasteiger partial charge in [-0.2, -0.15) is 0 Å². The van der Waals surface area contributed by atoms with Crippen LogP contribution in [0.5, 0.6) is 0 Å². The monoisotopic (exact) mass is 315 g/mol. The zero-order chi connectivity index (χ0) is 16.1. The van der Waals surface area contributed by atoms with Crippen molar-refractivity contribution < 1.29 is 13.9 Å². The van der Waals surface area contributed by atoms with E-state index in [1.54, 1.807) is 6.20 Å². The molecule has 122 valence electrons. The van der Waals surface area contributed by atoms with Gasteiger partial charge in [0.15, 0.2) is 0 Å². The van der Waals surface area contributed by atoms with E-state index in [-0.39, 0.29) is 12.0 Å². The standard InChI is InChI=1S/C17H21N3O3/c1-13(21)18-9-15-11-20(7-8-22-15)12-16-10-19-17(23-16)14-5-3-2-4-6-14/h2-6,10,15H,7-9,11-12H2,1H3,(H,18,21). The number of aromatic nitrogens is 1. The van der Waals surface area contributed by atoms with Crippen LogP contribution in [0.4, 0.5) is 0 Å². The highest BCUT2D eigenvalue weighted by Gasteiger charge is 2.21. The van der Waals surface area contributed by atoms with E-state index in [1.807, 2.05) is 30.3 Å². The van der Waals surface area contributed by atoms with Crippen molar-refractivity contribution in [1.82, 2.24) is 15.2 Å². The summed E-state index contributed by atoms with van der Waals surface area (Å²) in [6, 6.07) is 9.86. The molecule has 1 aromatic heterocycles. The predicted molar refractivity (Wildman–Crippen MR) is 85.6 cm³/mol. The number of rotatable bonds is 5. The molecule has 1 fully saturated rings. The van der Waals surface area contributed by atoms with Crippen LogP contribution in [0.2, 0.25) is 0 Å². The van der Waals surface area contributed by atoms with E-state index in [4.69, 9.17) is 9.15 Å². The molecule has 1 amide bonds. The first kappa shape index (κ1) is 15.7. The van der Waals surface area contributed by atoms with Crippen LogP contribution in [-0.4, -0.2) is 48.1 Å². The van der Waals surface area contributed by atoms with Crippen LogP contribution in [0.25, 0.3) is 11.5 Å². The second-order valence-electron chi connectivity index (χ2n) is 5.66. The van der Waals surface area contributed by atoms with Gasteiger partial charge in [0.05, 0.1) is 25.5 Å². The summed E-state index contributed by atoms with van der Waals surface area (Å²) in [4.78, 5) is 17.6. The predicted octanol–water partition coefficient (Wildman–Crippen LogP) is 1.68. The van der Waals surface area contributed by atoms with Crippen LogP contribution in [0, 0.1) is 0 Å². The molecule has 1 aliphatic heterocycles. The lowest BCUT2D eigenvalue weighted by Crippen LogP contribution is -2.46. The van der Waals surface area contributed by atoms with Crippen molar-refractivity contribution in [3.8, 4) is 11.5 Å². The number of benzene rings is 1. The Labute approximate surface area is 135 Å². The Morgan fingerprint density at radius 3 is 3.00 bits per heavy atom. The number of morpholine rings is 1. The molecule has 1 atom stereocenters. The summed E-state index contributed by atoms with van der Waals surface area (Å²) < 4.78 is 11.5. The van der Waals surface area contributed by atoms with Crippen LogP contribution < -0.4 is 5.32 Å². The Hall–Kier alpha value is -2.18. The molecule has 6 heteroatoms. The van der Waals surface area contributed by atoms with E-state index >= 15 is 0 Å². The lowest BCUT2D eigenvalue weighted by atomic mass is 10.2. The third kappa shape index (κ3) is 4.40. The molecule has 6 nitrogen and oxygen atoms in total. The van der Waals surface area contributed by atoms with Crippen LogP contribution in [-0.2, 0) is 16.1 Å². The third-order valence-electron chi connectivity index (χ3n) is 3.76. The molecule has 0 radical (unpaired) electrons. The zero-order valence-corrected chi connectivity index (χ0v) is 13.2. The van der Waals surface area contributed by atoms with Crippen molar-refractivity contribution in [3.05, 3.63) is 42.3 Å². The molecule has 2 heterocycles. The van der Waals surface area contributed by atoms with Gasteiger partial charge in [0.2, 0.25) is 11.8 Å². The summed E-state index contributed by atoms with van der Waals surface area (Å²) in [7, 11) is 0. The third-order valence-corrected chi connectivity index (χ3v) is 3.76. The first-order valence-corrected chi connectivity index (χ1v) is 7.79. The minimum absolute atomic E-state index is 0.0177. The molecule has 1 aliphatic rings. The lowest BCUT2D eigenvalue weighted by Gasteiger charge is -2.32. The largest absolute Gasteiger partial charge is 0.440 e. The molecular formula is C17H21N3O3. The van der Waals surface area contributed by atoms with Crippen LogP contribution in [0.15, 0.2) is 40.9 Å². The van der Waals surface area contributed by atoms with Gasteiger partial charge in [-0.1, -0.05) is 18.2 Å². The first-order chi connectivity index (χ1) is 11.2. The molecule has 1 unspecified atom stereocenters. The van der Waals surface area contributed by atoms with Crippen molar-refractivity contribution in [2.75, 3.05) is 26.2 Å². The van der Waals surface area contributed by atoms with Gasteiger partial charge in [-0.05, 0) is 12.1 Å². The second-order valence-corrected chi connectivity index (χ2v) is 5.66. The van der Waals surface area contributed by atoms with E-state index in [9.17, 15) is 4.79 Å². The van der Waals surface area contributed by atoms with Gasteiger partial charge < -0.3 is 14.5 Å². The SMILES string of the molecule is CC(=O)NCC1CN(Cc2cnc(-c3ccccc3)o2)CCO1. The minimum atomic E-state index is -0.0338. The summed E-state index contributed by atoms with van der Waals surface area (Å²) in [5.41, 5.74) is 0.976. The average Bonchev–Trinajstić information content (AvgIpc) is 3.03. The maximum atomic E-state index is 11.0. The normalized spacial score (nSPS) is 18.7. The number of hydrogen-bond donors (Lipinski definition) is 1. The minimum Gasteiger partial charge on any atom is -0.440 e. The zero-order valence-electron chi connectivity index (χ0n) is 13.2. The number of nitrogens with zero attached hydrogens (tertiary/aromatic N) is 2. The van der Waals surface area contributed by atoms with Crippen LogP contribution in [0.1, 0.15) is 12.7 Å². The maximum Gasteiger partial charge on any atom is 0.226 e. The highest BCUT2D eigenvalue weighted by Crippen LogP contribution is 2.20. The number of carbonyl (C=O) groups excluding carboxylic acids is 1. The number of hydrogen-bond acceptors (Lipinski definition) is 5. The van der Waals surface area contributed by atoms with Crippen LogP contribution in [0.3, 0.4) is 0 Å². The van der Waals surface area contributed by atoms with Crippen molar-refractivity contribution in [2.24, 2.45) is 0 Å². The summed E-state index contributed by atoms with van der Waals surface area (Å²) in [6.45, 7) is 5.01. The molecule has 1 aromatic carbocycles. The molecule has 3 rings (SSSR count). The molecular weight excluding hydrogens is 294 g/mol. The average molecular weight is 315 g/mol. The summed E-state index contributed by atoms with van der Waals surface area (Å²) in [6.07, 6.45) is 1.80. The molecule has 1 N–H and O–H groups in total. The molecule has 0 bridgehead atoms. The molecule has 1 saturated heterocycles. The Kier molecular flexibility index (Phi) is 5.05. The maximum absolute atomic E-state index is 11.0. The molecule has 0 spiro atoms. The van der Waals surface area contributed by atoms with E-state index in [2.05, 4.69) is 15.2 Å². The van der Waals surface area contributed by atoms with Gasteiger partial charge in [0, 0.05) is 32.1 Å². The molecule has 2 aromatic rings. The van der Waals surface area contributed by atoms with Gasteiger partial charge in [0.1, 0.15) is 5.76 Å². The quantitative estimate of drug-likeness (QED) is 0.909. The van der Waals surface area contributed by atoms with E-state index in [1.165, 1.54) is 6.92 Å². The molecule has 23 heavy (non-hydrogen) atoms. The highest BCUT2D eigenvalue weighted by atomic mass is 16.5. The number of amides is 1. The van der Waals surface area contributed by atoms with Gasteiger partial charge in [0.25, 0.3) is 0 Å². The summed E-state index contributed by atoms with van der Waals surface area (Å²) in [5.74, 6) is 1.45. The number of nitrogens with one attached hydrogen (secondary N) is 1. The highest BCUT2D eigenvalue weighted by molar-refractivity contribution is 5.72. The molecule has 0 aliphatic carbocycles. The van der Waals surface area contributed by atoms with Gasteiger partial charge in [-0.3, -0.25) is 9.69 Å². The first-order valence-electron chi connectivity index (χ1n) is 7.79. The van der Waals surface area contributed by atoms with Crippen LogP contribution >= 0.6 is 0 Å². The lowest BCUT2D eigenvalue weighted by molar-refractivity contribution is -0.120.